The lowest BCUT2D eigenvalue weighted by Crippen LogP contribution is -2.14. The number of carboxylic acid groups (broad SMARTS) is 1. The minimum atomic E-state index is -1.28. The Hall–Kier alpha value is -2.89. The number of ether oxygens (including phenoxy) is 2. The molecule has 0 amide bonds. The predicted molar refractivity (Wildman–Crippen MR) is 79.1 cm³/mol. The molecule has 0 aliphatic rings. The molecule has 0 fully saturated rings. The first kappa shape index (κ1) is 15.5. The van der Waals surface area contributed by atoms with Crippen LogP contribution in [0.25, 0.3) is 11.3 Å². The SMILES string of the molecule is CCOC(=O)c1cnc(-c2ccccc2)c(OC)c1C(=O)O. The molecule has 1 heterocycles. The second-order valence-electron chi connectivity index (χ2n) is 4.32. The highest BCUT2D eigenvalue weighted by atomic mass is 16.5. The largest absolute Gasteiger partial charge is 0.494 e. The smallest absolute Gasteiger partial charge is 0.340 e. The van der Waals surface area contributed by atoms with Crippen molar-refractivity contribution in [3.63, 3.8) is 0 Å². The molecule has 0 aliphatic carbocycles. The number of carbonyl (C=O) groups is 2. The van der Waals surface area contributed by atoms with E-state index in [9.17, 15) is 14.7 Å². The van der Waals surface area contributed by atoms with Gasteiger partial charge in [0.25, 0.3) is 0 Å². The second kappa shape index (κ2) is 6.71. The topological polar surface area (TPSA) is 85.7 Å². The normalized spacial score (nSPS) is 10.1. The van der Waals surface area contributed by atoms with E-state index in [1.165, 1.54) is 13.3 Å². The van der Waals surface area contributed by atoms with E-state index in [1.807, 2.05) is 6.07 Å². The van der Waals surface area contributed by atoms with Crippen molar-refractivity contribution in [2.45, 2.75) is 6.92 Å². The predicted octanol–water partition coefficient (Wildman–Crippen LogP) is 2.63. The van der Waals surface area contributed by atoms with Gasteiger partial charge in [0, 0.05) is 11.8 Å². The lowest BCUT2D eigenvalue weighted by atomic mass is 10.0. The van der Waals surface area contributed by atoms with E-state index in [-0.39, 0.29) is 23.5 Å². The van der Waals surface area contributed by atoms with E-state index in [0.29, 0.717) is 11.3 Å². The highest BCUT2D eigenvalue weighted by Gasteiger charge is 2.26. The van der Waals surface area contributed by atoms with Crippen LogP contribution in [0.4, 0.5) is 0 Å². The summed E-state index contributed by atoms with van der Waals surface area (Å²) in [5, 5.41) is 9.45. The summed E-state index contributed by atoms with van der Waals surface area (Å²) in [5.41, 5.74) is 0.659. The average molecular weight is 301 g/mol. The van der Waals surface area contributed by atoms with Gasteiger partial charge in [0.15, 0.2) is 5.75 Å². The lowest BCUT2D eigenvalue weighted by Gasteiger charge is -2.13. The van der Waals surface area contributed by atoms with Crippen molar-refractivity contribution >= 4 is 11.9 Å². The van der Waals surface area contributed by atoms with E-state index in [0.717, 1.165) is 0 Å². The van der Waals surface area contributed by atoms with Gasteiger partial charge >= 0.3 is 11.9 Å². The van der Waals surface area contributed by atoms with Crippen LogP contribution in [0.2, 0.25) is 0 Å². The van der Waals surface area contributed by atoms with Crippen molar-refractivity contribution in [3.05, 3.63) is 47.7 Å². The molecule has 0 saturated heterocycles. The van der Waals surface area contributed by atoms with Crippen molar-refractivity contribution in [3.8, 4) is 17.0 Å². The van der Waals surface area contributed by atoms with Crippen LogP contribution in [0.3, 0.4) is 0 Å². The number of aromatic nitrogens is 1. The molecule has 114 valence electrons. The molecule has 0 aliphatic heterocycles. The molecule has 0 unspecified atom stereocenters. The van der Waals surface area contributed by atoms with Crippen molar-refractivity contribution in [1.82, 2.24) is 4.98 Å². The average Bonchev–Trinajstić information content (AvgIpc) is 2.54. The summed E-state index contributed by atoms with van der Waals surface area (Å²) in [6, 6.07) is 8.99. The minimum Gasteiger partial charge on any atom is -0.494 e. The third-order valence-corrected chi connectivity index (χ3v) is 2.99. The Bertz CT molecular complexity index is 697. The summed E-state index contributed by atoms with van der Waals surface area (Å²) < 4.78 is 10.1. The summed E-state index contributed by atoms with van der Waals surface area (Å²) >= 11 is 0. The first-order chi connectivity index (χ1) is 10.6. The van der Waals surface area contributed by atoms with Gasteiger partial charge in [0.1, 0.15) is 11.3 Å². The van der Waals surface area contributed by atoms with Crippen molar-refractivity contribution in [1.29, 1.82) is 0 Å². The fourth-order valence-electron chi connectivity index (χ4n) is 2.07. The van der Waals surface area contributed by atoms with Gasteiger partial charge in [-0.05, 0) is 6.92 Å². The summed E-state index contributed by atoms with van der Waals surface area (Å²) in [4.78, 5) is 27.7. The molecule has 1 aromatic carbocycles. The Balaban J connectivity index is 2.68. The van der Waals surface area contributed by atoms with Crippen LogP contribution >= 0.6 is 0 Å². The van der Waals surface area contributed by atoms with Gasteiger partial charge in [-0.2, -0.15) is 0 Å². The zero-order chi connectivity index (χ0) is 16.1. The summed E-state index contributed by atoms with van der Waals surface area (Å²) in [6.45, 7) is 1.78. The number of hydrogen-bond acceptors (Lipinski definition) is 5. The van der Waals surface area contributed by atoms with Gasteiger partial charge in [0.05, 0.1) is 19.3 Å². The van der Waals surface area contributed by atoms with Crippen LogP contribution in [0.5, 0.6) is 5.75 Å². The van der Waals surface area contributed by atoms with Gasteiger partial charge in [-0.3, -0.25) is 4.98 Å². The fraction of sp³-hybridized carbons (Fsp3) is 0.188. The van der Waals surface area contributed by atoms with Crippen molar-refractivity contribution < 1.29 is 24.2 Å². The molecule has 6 heteroatoms. The third kappa shape index (κ3) is 2.90. The molecule has 0 saturated carbocycles. The third-order valence-electron chi connectivity index (χ3n) is 2.99. The number of hydrogen-bond donors (Lipinski definition) is 1. The maximum Gasteiger partial charge on any atom is 0.340 e. The number of nitrogens with zero attached hydrogens (tertiary/aromatic N) is 1. The number of aromatic carboxylic acids is 1. The Labute approximate surface area is 127 Å². The zero-order valence-electron chi connectivity index (χ0n) is 12.2. The first-order valence-electron chi connectivity index (χ1n) is 6.63. The van der Waals surface area contributed by atoms with E-state index in [2.05, 4.69) is 4.98 Å². The van der Waals surface area contributed by atoms with Gasteiger partial charge in [-0.1, -0.05) is 30.3 Å². The summed E-state index contributed by atoms with van der Waals surface area (Å²) in [7, 11) is 1.34. The Morgan fingerprint density at radius 3 is 2.45 bits per heavy atom. The van der Waals surface area contributed by atoms with E-state index < -0.39 is 11.9 Å². The molecular weight excluding hydrogens is 286 g/mol. The van der Waals surface area contributed by atoms with Gasteiger partial charge < -0.3 is 14.6 Å². The van der Waals surface area contributed by atoms with Gasteiger partial charge in [0.2, 0.25) is 0 Å². The zero-order valence-corrected chi connectivity index (χ0v) is 12.2. The number of benzene rings is 1. The van der Waals surface area contributed by atoms with Crippen LogP contribution in [0, 0.1) is 0 Å². The molecular formula is C16H15NO5. The molecule has 1 N–H and O–H groups in total. The molecule has 22 heavy (non-hydrogen) atoms. The maximum atomic E-state index is 11.9. The molecule has 0 bridgehead atoms. The quantitative estimate of drug-likeness (QED) is 0.854. The highest BCUT2D eigenvalue weighted by Crippen LogP contribution is 2.33. The van der Waals surface area contributed by atoms with Crippen LogP contribution < -0.4 is 4.74 Å². The molecule has 2 rings (SSSR count). The maximum absolute atomic E-state index is 11.9. The van der Waals surface area contributed by atoms with Gasteiger partial charge in [-0.15, -0.1) is 0 Å². The number of carbonyl (C=O) groups excluding carboxylic acids is 1. The van der Waals surface area contributed by atoms with Crippen molar-refractivity contribution in [2.24, 2.45) is 0 Å². The number of carboxylic acids is 1. The monoisotopic (exact) mass is 301 g/mol. The van der Waals surface area contributed by atoms with Crippen molar-refractivity contribution in [2.75, 3.05) is 13.7 Å². The summed E-state index contributed by atoms with van der Waals surface area (Å²) in [6.07, 6.45) is 1.20. The fourth-order valence-corrected chi connectivity index (χ4v) is 2.07. The molecule has 6 nitrogen and oxygen atoms in total. The highest BCUT2D eigenvalue weighted by molar-refractivity contribution is 6.05. The molecule has 0 spiro atoms. The Morgan fingerprint density at radius 2 is 1.91 bits per heavy atom. The van der Waals surface area contributed by atoms with E-state index in [4.69, 9.17) is 9.47 Å². The number of rotatable bonds is 5. The number of methoxy groups -OCH3 is 1. The molecule has 2 aromatic rings. The Morgan fingerprint density at radius 1 is 1.23 bits per heavy atom. The van der Waals surface area contributed by atoms with Crippen LogP contribution in [-0.4, -0.2) is 35.7 Å². The van der Waals surface area contributed by atoms with E-state index in [1.54, 1.807) is 31.2 Å². The van der Waals surface area contributed by atoms with Crippen LogP contribution in [-0.2, 0) is 4.74 Å². The van der Waals surface area contributed by atoms with Gasteiger partial charge in [-0.25, -0.2) is 9.59 Å². The minimum absolute atomic E-state index is 0.0317. The second-order valence-corrected chi connectivity index (χ2v) is 4.32. The van der Waals surface area contributed by atoms with Crippen LogP contribution in [0.1, 0.15) is 27.6 Å². The first-order valence-corrected chi connectivity index (χ1v) is 6.63. The van der Waals surface area contributed by atoms with E-state index >= 15 is 0 Å². The Kier molecular flexibility index (Phi) is 4.73. The lowest BCUT2D eigenvalue weighted by molar-refractivity contribution is 0.0513. The standard InChI is InChI=1S/C16H15NO5/c1-3-22-16(20)11-9-17-13(10-7-5-4-6-8-10)14(21-2)12(11)15(18)19/h4-9H,3H2,1-2H3,(H,18,19). The molecule has 1 aromatic heterocycles. The molecule has 0 radical (unpaired) electrons. The molecule has 0 atom stereocenters. The number of pyridine rings is 1. The summed E-state index contributed by atoms with van der Waals surface area (Å²) in [5.74, 6) is -1.99. The number of esters is 1. The van der Waals surface area contributed by atoms with Crippen LogP contribution in [0.15, 0.2) is 36.5 Å².